The van der Waals surface area contributed by atoms with Gasteiger partial charge in [-0.3, -0.25) is 0 Å². The molecule has 118 valence electrons. The number of sulfonamides is 1. The van der Waals surface area contributed by atoms with Crippen LogP contribution in [0.2, 0.25) is 0 Å². The van der Waals surface area contributed by atoms with Gasteiger partial charge in [0.1, 0.15) is 0 Å². The van der Waals surface area contributed by atoms with E-state index in [1.165, 1.54) is 0 Å². The van der Waals surface area contributed by atoms with Gasteiger partial charge in [-0.15, -0.1) is 0 Å². The van der Waals surface area contributed by atoms with Crippen LogP contribution in [0.4, 0.5) is 0 Å². The second-order valence-corrected chi connectivity index (χ2v) is 7.21. The molecule has 0 bridgehead atoms. The minimum absolute atomic E-state index is 0.303. The molecule has 0 spiro atoms. The van der Waals surface area contributed by atoms with Crippen molar-refractivity contribution in [1.29, 1.82) is 0 Å². The minimum atomic E-state index is -3.43. The van der Waals surface area contributed by atoms with Gasteiger partial charge in [-0.2, -0.15) is 0 Å². The lowest BCUT2D eigenvalue weighted by molar-refractivity contribution is 0.400. The number of benzene rings is 2. The molecule has 2 aromatic carbocycles. The van der Waals surface area contributed by atoms with E-state index in [1.54, 1.807) is 12.1 Å². The van der Waals surface area contributed by atoms with Crippen molar-refractivity contribution >= 4 is 10.0 Å². The monoisotopic (exact) mass is 318 g/mol. The SMILES string of the molecule is CN(C)CCCNS(=O)(=O)c1ccc(-c2ccccc2)cc1. The van der Waals surface area contributed by atoms with Gasteiger partial charge in [-0.1, -0.05) is 42.5 Å². The Bertz CT molecular complexity index is 680. The second kappa shape index (κ2) is 7.54. The fourth-order valence-corrected chi connectivity index (χ4v) is 3.22. The Hall–Kier alpha value is -1.69. The van der Waals surface area contributed by atoms with Crippen LogP contribution >= 0.6 is 0 Å². The van der Waals surface area contributed by atoms with E-state index in [9.17, 15) is 8.42 Å². The molecule has 0 radical (unpaired) electrons. The summed E-state index contributed by atoms with van der Waals surface area (Å²) in [5.74, 6) is 0. The predicted molar refractivity (Wildman–Crippen MR) is 90.2 cm³/mol. The molecular weight excluding hydrogens is 296 g/mol. The Labute approximate surface area is 132 Å². The van der Waals surface area contributed by atoms with Gasteiger partial charge in [-0.25, -0.2) is 13.1 Å². The Balaban J connectivity index is 2.03. The molecule has 0 saturated heterocycles. The first kappa shape index (κ1) is 16.7. The standard InChI is InChI=1S/C17H22N2O2S/c1-19(2)14-6-13-18-22(20,21)17-11-9-16(10-12-17)15-7-4-3-5-8-15/h3-5,7-12,18H,6,13-14H2,1-2H3. The number of nitrogens with zero attached hydrogens (tertiary/aromatic N) is 1. The lowest BCUT2D eigenvalue weighted by Crippen LogP contribution is -2.27. The first-order chi connectivity index (χ1) is 10.5. The molecule has 0 fully saturated rings. The van der Waals surface area contributed by atoms with Crippen molar-refractivity contribution in [1.82, 2.24) is 9.62 Å². The molecule has 4 nitrogen and oxygen atoms in total. The zero-order valence-corrected chi connectivity index (χ0v) is 13.8. The Morgan fingerprint density at radius 3 is 2.09 bits per heavy atom. The molecule has 22 heavy (non-hydrogen) atoms. The van der Waals surface area contributed by atoms with Crippen molar-refractivity contribution in [2.75, 3.05) is 27.2 Å². The van der Waals surface area contributed by atoms with E-state index in [-0.39, 0.29) is 0 Å². The molecule has 1 N–H and O–H groups in total. The quantitative estimate of drug-likeness (QED) is 0.798. The number of rotatable bonds is 7. The van der Waals surface area contributed by atoms with Crippen LogP contribution in [0.3, 0.4) is 0 Å². The third-order valence-corrected chi connectivity index (χ3v) is 4.82. The van der Waals surface area contributed by atoms with Gasteiger partial charge in [0.05, 0.1) is 4.90 Å². The summed E-state index contributed by atoms with van der Waals surface area (Å²) in [6, 6.07) is 16.9. The van der Waals surface area contributed by atoms with Gasteiger partial charge in [0, 0.05) is 6.54 Å². The zero-order chi connectivity index (χ0) is 16.0. The molecule has 0 aliphatic rings. The highest BCUT2D eigenvalue weighted by molar-refractivity contribution is 7.89. The van der Waals surface area contributed by atoms with E-state index in [2.05, 4.69) is 4.72 Å². The molecule has 0 aliphatic carbocycles. The molecule has 5 heteroatoms. The van der Waals surface area contributed by atoms with Gasteiger partial charge < -0.3 is 4.90 Å². The molecule has 0 unspecified atom stereocenters. The lowest BCUT2D eigenvalue weighted by atomic mass is 10.1. The summed E-state index contributed by atoms with van der Waals surface area (Å²) < 4.78 is 27.0. The van der Waals surface area contributed by atoms with Crippen LogP contribution in [0.5, 0.6) is 0 Å². The van der Waals surface area contributed by atoms with E-state index >= 15 is 0 Å². The van der Waals surface area contributed by atoms with Gasteiger partial charge in [-0.05, 0) is 50.3 Å². The van der Waals surface area contributed by atoms with Crippen LogP contribution in [0.1, 0.15) is 6.42 Å². The number of nitrogens with one attached hydrogen (secondary N) is 1. The van der Waals surface area contributed by atoms with Crippen molar-refractivity contribution < 1.29 is 8.42 Å². The summed E-state index contributed by atoms with van der Waals surface area (Å²) in [6.45, 7) is 1.30. The van der Waals surface area contributed by atoms with Gasteiger partial charge in [0.2, 0.25) is 10.0 Å². The summed E-state index contributed by atoms with van der Waals surface area (Å²) in [5.41, 5.74) is 2.08. The summed E-state index contributed by atoms with van der Waals surface area (Å²) in [6.07, 6.45) is 0.786. The highest BCUT2D eigenvalue weighted by atomic mass is 32.2. The third-order valence-electron chi connectivity index (χ3n) is 3.35. The largest absolute Gasteiger partial charge is 0.309 e. The molecule has 0 saturated carbocycles. The number of hydrogen-bond acceptors (Lipinski definition) is 3. The summed E-state index contributed by atoms with van der Waals surface area (Å²) >= 11 is 0. The van der Waals surface area contributed by atoms with Gasteiger partial charge in [0.15, 0.2) is 0 Å². The fraction of sp³-hybridized carbons (Fsp3) is 0.294. The lowest BCUT2D eigenvalue weighted by Gasteiger charge is -2.10. The summed E-state index contributed by atoms with van der Waals surface area (Å²) in [7, 11) is 0.512. The van der Waals surface area contributed by atoms with Crippen molar-refractivity contribution in [3.63, 3.8) is 0 Å². The van der Waals surface area contributed by atoms with E-state index in [1.807, 2.05) is 61.5 Å². The Kier molecular flexibility index (Phi) is 5.71. The highest BCUT2D eigenvalue weighted by Gasteiger charge is 2.13. The Morgan fingerprint density at radius 2 is 1.50 bits per heavy atom. The molecule has 0 aromatic heterocycles. The van der Waals surface area contributed by atoms with Crippen molar-refractivity contribution in [2.45, 2.75) is 11.3 Å². The van der Waals surface area contributed by atoms with Gasteiger partial charge in [0.25, 0.3) is 0 Å². The summed E-state index contributed by atoms with van der Waals surface area (Å²) in [4.78, 5) is 2.33. The first-order valence-electron chi connectivity index (χ1n) is 7.29. The molecule has 0 amide bonds. The molecule has 2 aromatic rings. The zero-order valence-electron chi connectivity index (χ0n) is 13.0. The molecular formula is C17H22N2O2S. The maximum absolute atomic E-state index is 12.2. The fourth-order valence-electron chi connectivity index (χ4n) is 2.14. The van der Waals surface area contributed by atoms with Crippen LogP contribution in [0.15, 0.2) is 59.5 Å². The van der Waals surface area contributed by atoms with Gasteiger partial charge >= 0.3 is 0 Å². The van der Waals surface area contributed by atoms with Crippen LogP contribution in [-0.4, -0.2) is 40.5 Å². The van der Waals surface area contributed by atoms with Crippen molar-refractivity contribution in [3.8, 4) is 11.1 Å². The van der Waals surface area contributed by atoms with E-state index < -0.39 is 10.0 Å². The normalized spacial score (nSPS) is 11.8. The van der Waals surface area contributed by atoms with E-state index in [0.29, 0.717) is 11.4 Å². The highest BCUT2D eigenvalue weighted by Crippen LogP contribution is 2.20. The van der Waals surface area contributed by atoms with Crippen molar-refractivity contribution in [2.24, 2.45) is 0 Å². The van der Waals surface area contributed by atoms with Crippen LogP contribution < -0.4 is 4.72 Å². The maximum Gasteiger partial charge on any atom is 0.240 e. The second-order valence-electron chi connectivity index (χ2n) is 5.45. The van der Waals surface area contributed by atoms with Crippen molar-refractivity contribution in [3.05, 3.63) is 54.6 Å². The molecule has 0 atom stereocenters. The maximum atomic E-state index is 12.2. The third kappa shape index (κ3) is 4.66. The average molecular weight is 318 g/mol. The van der Waals surface area contributed by atoms with Crippen LogP contribution in [0, 0.1) is 0 Å². The molecule has 0 aliphatic heterocycles. The van der Waals surface area contributed by atoms with Crippen LogP contribution in [0.25, 0.3) is 11.1 Å². The minimum Gasteiger partial charge on any atom is -0.309 e. The van der Waals surface area contributed by atoms with E-state index in [4.69, 9.17) is 0 Å². The molecule has 2 rings (SSSR count). The topological polar surface area (TPSA) is 49.4 Å². The average Bonchev–Trinajstić information content (AvgIpc) is 2.52. The predicted octanol–water partition coefficient (Wildman–Crippen LogP) is 2.58. The molecule has 0 heterocycles. The summed E-state index contributed by atoms with van der Waals surface area (Å²) in [5, 5.41) is 0. The number of hydrogen-bond donors (Lipinski definition) is 1. The van der Waals surface area contributed by atoms with E-state index in [0.717, 1.165) is 24.1 Å². The first-order valence-corrected chi connectivity index (χ1v) is 8.77. The van der Waals surface area contributed by atoms with Crippen LogP contribution in [-0.2, 0) is 10.0 Å². The Morgan fingerprint density at radius 1 is 0.909 bits per heavy atom. The smallest absolute Gasteiger partial charge is 0.240 e.